The van der Waals surface area contributed by atoms with E-state index in [4.69, 9.17) is 6.57 Å². The van der Waals surface area contributed by atoms with Crippen molar-refractivity contribution in [2.75, 3.05) is 0 Å². The Bertz CT molecular complexity index is 476. The summed E-state index contributed by atoms with van der Waals surface area (Å²) in [5, 5.41) is 0. The molecule has 0 aromatic heterocycles. The summed E-state index contributed by atoms with van der Waals surface area (Å²) in [6.45, 7) is 8.16. The van der Waals surface area contributed by atoms with Crippen molar-refractivity contribution < 1.29 is 64.4 Å². The third-order valence-electron chi connectivity index (χ3n) is 1.57. The largest absolute Gasteiger partial charge is 1.00 e. The van der Waals surface area contributed by atoms with Crippen LogP contribution in [0.4, 0.5) is 5.69 Å². The Morgan fingerprint density at radius 2 is 2.00 bits per heavy atom. The first-order valence-corrected chi connectivity index (χ1v) is 4.80. The van der Waals surface area contributed by atoms with Crippen LogP contribution in [0.3, 0.4) is 0 Å². The summed E-state index contributed by atoms with van der Waals surface area (Å²) in [5.41, 5.74) is 0.516. The van der Waals surface area contributed by atoms with Gasteiger partial charge in [-0.05, 0) is 18.6 Å². The van der Waals surface area contributed by atoms with Crippen molar-refractivity contribution in [3.63, 3.8) is 0 Å². The molecule has 0 fully saturated rings. The van der Waals surface area contributed by atoms with Crippen molar-refractivity contribution in [1.82, 2.24) is 0 Å². The number of aryl methyl sites for hydroxylation is 1. The predicted octanol–water partition coefficient (Wildman–Crippen LogP) is -1.55. The van der Waals surface area contributed by atoms with E-state index in [0.29, 0.717) is 5.56 Å². The molecule has 0 spiro atoms. The van der Waals surface area contributed by atoms with Gasteiger partial charge >= 0.3 is 51.4 Å². The van der Waals surface area contributed by atoms with Crippen LogP contribution in [0.15, 0.2) is 23.1 Å². The summed E-state index contributed by atoms with van der Waals surface area (Å²) >= 11 is 0. The Kier molecular flexibility index (Phi) is 5.47. The number of nitrogens with zero attached hydrogens (tertiary/aromatic N) is 1. The van der Waals surface area contributed by atoms with Gasteiger partial charge in [0.25, 0.3) is 0 Å². The third kappa shape index (κ3) is 3.44. The summed E-state index contributed by atoms with van der Waals surface area (Å²) in [4.78, 5) is 2.71. The molecule has 1 aromatic carbocycles. The minimum Gasteiger partial charge on any atom is -0.744 e. The number of hydrogen-bond acceptors (Lipinski definition) is 3. The van der Waals surface area contributed by atoms with Crippen molar-refractivity contribution in [2.24, 2.45) is 0 Å². The maximum absolute atomic E-state index is 10.7. The van der Waals surface area contributed by atoms with E-state index in [1.54, 1.807) is 0 Å². The molecule has 1 rings (SSSR count). The van der Waals surface area contributed by atoms with Crippen molar-refractivity contribution in [3.05, 3.63) is 35.2 Å². The average Bonchev–Trinajstić information content (AvgIpc) is 2.03. The zero-order valence-electron chi connectivity index (χ0n) is 7.81. The predicted molar refractivity (Wildman–Crippen MR) is 45.4 cm³/mol. The van der Waals surface area contributed by atoms with Gasteiger partial charge < -0.3 is 4.55 Å². The van der Waals surface area contributed by atoms with E-state index in [1.807, 2.05) is 0 Å². The van der Waals surface area contributed by atoms with Gasteiger partial charge in [0.15, 0.2) is 5.69 Å². The Morgan fingerprint density at radius 1 is 1.43 bits per heavy atom. The van der Waals surface area contributed by atoms with Crippen LogP contribution in [-0.2, 0) is 10.1 Å². The number of benzene rings is 1. The first-order chi connectivity index (χ1) is 5.95. The van der Waals surface area contributed by atoms with E-state index in [2.05, 4.69) is 4.85 Å². The van der Waals surface area contributed by atoms with Gasteiger partial charge in [-0.25, -0.2) is 13.3 Å². The first-order valence-electron chi connectivity index (χ1n) is 3.39. The fourth-order valence-electron chi connectivity index (χ4n) is 0.928. The second-order valence-corrected chi connectivity index (χ2v) is 3.86. The van der Waals surface area contributed by atoms with Crippen molar-refractivity contribution in [1.29, 1.82) is 0 Å². The summed E-state index contributed by atoms with van der Waals surface area (Å²) in [6.07, 6.45) is 0. The molecule has 0 saturated carbocycles. The van der Waals surface area contributed by atoms with Crippen LogP contribution in [0, 0.1) is 13.5 Å². The molecular weight excluding hydrogens is 229 g/mol. The van der Waals surface area contributed by atoms with Gasteiger partial charge in [-0.2, -0.15) is 0 Å². The molecule has 0 saturated heterocycles. The van der Waals surface area contributed by atoms with E-state index in [9.17, 15) is 13.0 Å². The Labute approximate surface area is 125 Å². The molecule has 0 bridgehead atoms. The minimum absolute atomic E-state index is 0. The second kappa shape index (κ2) is 5.37. The normalized spacial score (nSPS) is 10.1. The standard InChI is InChI=1S/C8H7NO3S.K/c1-6-3-4-7(9-2)5-8(6)13(10,11)12;/h3-5H,1H3,(H,10,11,12);/q;+1/p-1. The molecule has 0 aliphatic carbocycles. The Balaban J connectivity index is 0.00000169. The molecule has 1 aromatic rings. The van der Waals surface area contributed by atoms with E-state index < -0.39 is 10.1 Å². The molecule has 0 aliphatic heterocycles. The first kappa shape index (κ1) is 14.3. The molecule has 0 aliphatic rings. The van der Waals surface area contributed by atoms with Crippen LogP contribution in [-0.4, -0.2) is 13.0 Å². The van der Waals surface area contributed by atoms with Gasteiger partial charge in [-0.1, -0.05) is 12.1 Å². The van der Waals surface area contributed by atoms with Crippen LogP contribution < -0.4 is 51.4 Å². The zero-order chi connectivity index (χ0) is 10.1. The summed E-state index contributed by atoms with van der Waals surface area (Å²) in [5.74, 6) is 0. The monoisotopic (exact) mass is 235 g/mol. The van der Waals surface area contributed by atoms with Crippen LogP contribution in [0.25, 0.3) is 4.85 Å². The zero-order valence-corrected chi connectivity index (χ0v) is 11.8. The third-order valence-corrected chi connectivity index (χ3v) is 2.55. The molecule has 0 atom stereocenters. The van der Waals surface area contributed by atoms with Gasteiger partial charge in [-0.3, -0.25) is 0 Å². The Hall–Kier alpha value is 0.256. The van der Waals surface area contributed by atoms with E-state index in [-0.39, 0.29) is 62.0 Å². The smallest absolute Gasteiger partial charge is 0.744 e. The molecular formula is C8H6KNO3S. The molecule has 0 amide bonds. The minimum atomic E-state index is -4.46. The van der Waals surface area contributed by atoms with Gasteiger partial charge in [0.1, 0.15) is 10.1 Å². The average molecular weight is 235 g/mol. The number of hydrogen-bond donors (Lipinski definition) is 0. The molecule has 0 radical (unpaired) electrons. The van der Waals surface area contributed by atoms with Crippen LogP contribution >= 0.6 is 0 Å². The maximum atomic E-state index is 10.7. The van der Waals surface area contributed by atoms with Crippen LogP contribution in [0.1, 0.15) is 5.56 Å². The molecule has 68 valence electrons. The molecule has 0 heterocycles. The molecule has 0 unspecified atom stereocenters. The van der Waals surface area contributed by atoms with Gasteiger partial charge in [0.2, 0.25) is 0 Å². The SMILES string of the molecule is [C-]#[N+]c1ccc(C)c(S(=O)(=O)[O-])c1.[K+]. The Morgan fingerprint density at radius 3 is 2.43 bits per heavy atom. The van der Waals surface area contributed by atoms with E-state index in [0.717, 1.165) is 6.07 Å². The summed E-state index contributed by atoms with van der Waals surface area (Å²) in [7, 11) is -4.46. The van der Waals surface area contributed by atoms with Gasteiger partial charge in [0.05, 0.1) is 6.57 Å². The molecule has 6 heteroatoms. The van der Waals surface area contributed by atoms with Gasteiger partial charge in [-0.15, -0.1) is 0 Å². The summed E-state index contributed by atoms with van der Waals surface area (Å²) in [6, 6.07) is 4.00. The second-order valence-electron chi connectivity index (χ2n) is 2.52. The number of rotatable bonds is 1. The van der Waals surface area contributed by atoms with E-state index >= 15 is 0 Å². The van der Waals surface area contributed by atoms with Crippen LogP contribution in [0.5, 0.6) is 0 Å². The van der Waals surface area contributed by atoms with E-state index in [1.165, 1.54) is 19.1 Å². The maximum Gasteiger partial charge on any atom is 1.00 e. The fraction of sp³-hybridized carbons (Fsp3) is 0.125. The molecule has 4 nitrogen and oxygen atoms in total. The van der Waals surface area contributed by atoms with Crippen molar-refractivity contribution >= 4 is 15.8 Å². The quantitative estimate of drug-likeness (QED) is 0.336. The molecule has 0 N–H and O–H groups in total. The topological polar surface area (TPSA) is 61.6 Å². The van der Waals surface area contributed by atoms with Crippen molar-refractivity contribution in [2.45, 2.75) is 11.8 Å². The van der Waals surface area contributed by atoms with Gasteiger partial charge in [0, 0.05) is 4.90 Å². The summed E-state index contributed by atoms with van der Waals surface area (Å²) < 4.78 is 32.0. The van der Waals surface area contributed by atoms with Crippen LogP contribution in [0.2, 0.25) is 0 Å². The molecule has 14 heavy (non-hydrogen) atoms. The van der Waals surface area contributed by atoms with Crippen molar-refractivity contribution in [3.8, 4) is 0 Å². The fourth-order valence-corrected chi connectivity index (χ4v) is 1.66.